The molecule has 4 nitrogen and oxygen atoms in total. The van der Waals surface area contributed by atoms with Crippen molar-refractivity contribution in [3.63, 3.8) is 0 Å². The molecule has 96 valence electrons. The van der Waals surface area contributed by atoms with Gasteiger partial charge in [-0.2, -0.15) is 0 Å². The van der Waals surface area contributed by atoms with Crippen molar-refractivity contribution in [1.29, 1.82) is 0 Å². The first-order valence-corrected chi connectivity index (χ1v) is 6.35. The van der Waals surface area contributed by atoms with Gasteiger partial charge in [0.15, 0.2) is 0 Å². The van der Waals surface area contributed by atoms with Crippen molar-refractivity contribution >= 4 is 29.7 Å². The molecule has 6 heteroatoms. The average Bonchev–Trinajstić information content (AvgIpc) is 2.62. The third-order valence-corrected chi connectivity index (χ3v) is 3.58. The van der Waals surface area contributed by atoms with Crippen LogP contribution in [-0.2, 0) is 0 Å². The number of thiazole rings is 1. The van der Waals surface area contributed by atoms with Gasteiger partial charge in [0.05, 0.1) is 11.2 Å². The summed E-state index contributed by atoms with van der Waals surface area (Å²) in [7, 11) is 0. The van der Waals surface area contributed by atoms with Crippen LogP contribution in [0.5, 0.6) is 0 Å². The summed E-state index contributed by atoms with van der Waals surface area (Å²) in [6.07, 6.45) is 1.68. The Morgan fingerprint density at radius 3 is 2.53 bits per heavy atom. The van der Waals surface area contributed by atoms with Crippen molar-refractivity contribution in [1.82, 2.24) is 15.2 Å². The van der Waals surface area contributed by atoms with Crippen molar-refractivity contribution in [2.24, 2.45) is 0 Å². The largest absolute Gasteiger partial charge is 0.335 e. The molecule has 0 radical (unpaired) electrons. The van der Waals surface area contributed by atoms with Crippen molar-refractivity contribution in [2.45, 2.75) is 32.9 Å². The van der Waals surface area contributed by atoms with Crippen LogP contribution in [0.1, 0.15) is 28.5 Å². The number of carbonyl (C=O) groups excluding carboxylic acids is 1. The summed E-state index contributed by atoms with van der Waals surface area (Å²) in [4.78, 5) is 19.0. The van der Waals surface area contributed by atoms with Gasteiger partial charge in [-0.05, 0) is 20.8 Å². The smallest absolute Gasteiger partial charge is 0.265 e. The molecule has 1 aliphatic heterocycles. The standard InChI is InChI=1S/C11H17N3OS.ClH/c1-7-5-14(6-8(2)13-7)11(15)10-4-12-9(3)16-10;/h4,7-8,13H,5-6H2,1-3H3;1H. The van der Waals surface area contributed by atoms with Gasteiger partial charge < -0.3 is 10.2 Å². The number of aromatic nitrogens is 1. The molecule has 2 unspecified atom stereocenters. The minimum Gasteiger partial charge on any atom is -0.335 e. The molecule has 2 atom stereocenters. The number of halogens is 1. The zero-order valence-electron chi connectivity index (χ0n) is 10.3. The zero-order valence-corrected chi connectivity index (χ0v) is 11.9. The highest BCUT2D eigenvalue weighted by Crippen LogP contribution is 2.16. The van der Waals surface area contributed by atoms with Crippen LogP contribution in [0.4, 0.5) is 0 Å². The maximum Gasteiger partial charge on any atom is 0.265 e. The molecule has 0 aromatic carbocycles. The van der Waals surface area contributed by atoms with Gasteiger partial charge >= 0.3 is 0 Å². The molecule has 1 aromatic rings. The summed E-state index contributed by atoms with van der Waals surface area (Å²) in [5.74, 6) is 0.116. The number of rotatable bonds is 1. The predicted octanol–water partition coefficient (Wildman–Crippen LogP) is 1.70. The quantitative estimate of drug-likeness (QED) is 0.848. The summed E-state index contributed by atoms with van der Waals surface area (Å²) < 4.78 is 0. The third-order valence-electron chi connectivity index (χ3n) is 2.68. The molecular formula is C11H18ClN3OS. The SMILES string of the molecule is Cc1ncc(C(=O)N2CC(C)NC(C)C2)s1.Cl. The summed E-state index contributed by atoms with van der Waals surface area (Å²) in [6.45, 7) is 7.69. The number of piperazine rings is 1. The maximum absolute atomic E-state index is 12.2. The van der Waals surface area contributed by atoms with E-state index in [2.05, 4.69) is 24.1 Å². The maximum atomic E-state index is 12.2. The first kappa shape index (κ1) is 14.4. The molecular weight excluding hydrogens is 258 g/mol. The lowest BCUT2D eigenvalue weighted by atomic mass is 10.1. The molecule has 2 rings (SSSR count). The average molecular weight is 276 g/mol. The second kappa shape index (κ2) is 5.80. The molecule has 0 aliphatic carbocycles. The van der Waals surface area contributed by atoms with E-state index in [1.807, 2.05) is 11.8 Å². The molecule has 0 spiro atoms. The lowest BCUT2D eigenvalue weighted by Crippen LogP contribution is -2.55. The molecule has 1 saturated heterocycles. The van der Waals surface area contributed by atoms with Gasteiger partial charge in [-0.3, -0.25) is 4.79 Å². The van der Waals surface area contributed by atoms with Gasteiger partial charge in [0.25, 0.3) is 5.91 Å². The highest BCUT2D eigenvalue weighted by molar-refractivity contribution is 7.13. The number of nitrogens with zero attached hydrogens (tertiary/aromatic N) is 2. The Labute approximate surface area is 112 Å². The van der Waals surface area contributed by atoms with E-state index >= 15 is 0 Å². The van der Waals surface area contributed by atoms with Crippen LogP contribution in [0.15, 0.2) is 6.20 Å². The van der Waals surface area contributed by atoms with E-state index in [4.69, 9.17) is 0 Å². The lowest BCUT2D eigenvalue weighted by Gasteiger charge is -2.35. The first-order chi connectivity index (χ1) is 7.56. The highest BCUT2D eigenvalue weighted by Gasteiger charge is 2.26. The fourth-order valence-electron chi connectivity index (χ4n) is 2.11. The summed E-state index contributed by atoms with van der Waals surface area (Å²) in [5.41, 5.74) is 0. The number of carbonyl (C=O) groups is 1. The Balaban J connectivity index is 0.00000144. The minimum atomic E-state index is 0. The van der Waals surface area contributed by atoms with Crippen LogP contribution in [0, 0.1) is 6.92 Å². The first-order valence-electron chi connectivity index (χ1n) is 5.54. The summed E-state index contributed by atoms with van der Waals surface area (Å²) in [6, 6.07) is 0.725. The number of nitrogens with one attached hydrogen (secondary N) is 1. The topological polar surface area (TPSA) is 45.2 Å². The number of hydrogen-bond acceptors (Lipinski definition) is 4. The Morgan fingerprint density at radius 2 is 2.06 bits per heavy atom. The molecule has 17 heavy (non-hydrogen) atoms. The van der Waals surface area contributed by atoms with E-state index < -0.39 is 0 Å². The number of hydrogen-bond donors (Lipinski definition) is 1. The van der Waals surface area contributed by atoms with Crippen molar-refractivity contribution in [2.75, 3.05) is 13.1 Å². The van der Waals surface area contributed by atoms with E-state index in [1.54, 1.807) is 6.20 Å². The van der Waals surface area contributed by atoms with E-state index in [-0.39, 0.29) is 18.3 Å². The van der Waals surface area contributed by atoms with Gasteiger partial charge in [-0.15, -0.1) is 23.7 Å². The van der Waals surface area contributed by atoms with Gasteiger partial charge in [0.2, 0.25) is 0 Å². The van der Waals surface area contributed by atoms with Gasteiger partial charge in [0, 0.05) is 25.2 Å². The molecule has 1 aromatic heterocycles. The summed E-state index contributed by atoms with van der Waals surface area (Å²) >= 11 is 1.47. The molecule has 0 bridgehead atoms. The molecule has 2 heterocycles. The molecule has 1 N–H and O–H groups in total. The second-order valence-corrected chi connectivity index (χ2v) is 5.66. The van der Waals surface area contributed by atoms with E-state index in [1.165, 1.54) is 11.3 Å². The van der Waals surface area contributed by atoms with Crippen molar-refractivity contribution < 1.29 is 4.79 Å². The van der Waals surface area contributed by atoms with Crippen LogP contribution in [0.3, 0.4) is 0 Å². The van der Waals surface area contributed by atoms with Crippen LogP contribution in [0.25, 0.3) is 0 Å². The van der Waals surface area contributed by atoms with Gasteiger partial charge in [-0.1, -0.05) is 0 Å². The van der Waals surface area contributed by atoms with Crippen LogP contribution in [-0.4, -0.2) is 41.0 Å². The minimum absolute atomic E-state index is 0. The van der Waals surface area contributed by atoms with Crippen LogP contribution in [0.2, 0.25) is 0 Å². The predicted molar refractivity (Wildman–Crippen MR) is 72.1 cm³/mol. The monoisotopic (exact) mass is 275 g/mol. The molecule has 1 amide bonds. The van der Waals surface area contributed by atoms with Crippen molar-refractivity contribution in [3.8, 4) is 0 Å². The zero-order chi connectivity index (χ0) is 11.7. The van der Waals surface area contributed by atoms with E-state index in [0.717, 1.165) is 23.0 Å². The van der Waals surface area contributed by atoms with Gasteiger partial charge in [0.1, 0.15) is 4.88 Å². The fraction of sp³-hybridized carbons (Fsp3) is 0.636. The Bertz CT molecular complexity index is 386. The van der Waals surface area contributed by atoms with Crippen molar-refractivity contribution in [3.05, 3.63) is 16.1 Å². The fourth-order valence-corrected chi connectivity index (χ4v) is 2.85. The number of amides is 1. The highest BCUT2D eigenvalue weighted by atomic mass is 35.5. The lowest BCUT2D eigenvalue weighted by molar-refractivity contribution is 0.0678. The molecule has 1 fully saturated rings. The molecule has 1 aliphatic rings. The normalized spacial score (nSPS) is 24.3. The Kier molecular flexibility index (Phi) is 4.91. The Hall–Kier alpha value is -0.650. The third kappa shape index (κ3) is 3.40. The molecule has 0 saturated carbocycles. The number of aryl methyl sites for hydroxylation is 1. The Morgan fingerprint density at radius 1 is 1.47 bits per heavy atom. The van der Waals surface area contributed by atoms with E-state index in [0.29, 0.717) is 12.1 Å². The van der Waals surface area contributed by atoms with Crippen LogP contribution >= 0.6 is 23.7 Å². The van der Waals surface area contributed by atoms with E-state index in [9.17, 15) is 4.79 Å². The summed E-state index contributed by atoms with van der Waals surface area (Å²) in [5, 5.41) is 4.36. The second-order valence-electron chi connectivity index (χ2n) is 4.42. The van der Waals surface area contributed by atoms with Crippen LogP contribution < -0.4 is 5.32 Å². The van der Waals surface area contributed by atoms with Gasteiger partial charge in [-0.25, -0.2) is 4.98 Å².